The quantitative estimate of drug-likeness (QED) is 0.843. The number of benzene rings is 1. The number of rotatable bonds is 5. The van der Waals surface area contributed by atoms with Crippen molar-refractivity contribution in [2.75, 3.05) is 6.61 Å². The summed E-state index contributed by atoms with van der Waals surface area (Å²) in [5.41, 5.74) is 5.92. The van der Waals surface area contributed by atoms with Crippen LogP contribution in [0.25, 0.3) is 0 Å². The van der Waals surface area contributed by atoms with E-state index in [-0.39, 0.29) is 18.1 Å². The van der Waals surface area contributed by atoms with Crippen molar-refractivity contribution in [1.29, 1.82) is 0 Å². The van der Waals surface area contributed by atoms with Gasteiger partial charge in [0, 0.05) is 18.4 Å². The van der Waals surface area contributed by atoms with Crippen LogP contribution in [0, 0.1) is 5.41 Å². The van der Waals surface area contributed by atoms with Gasteiger partial charge in [0.05, 0.1) is 22.2 Å². The van der Waals surface area contributed by atoms with Crippen molar-refractivity contribution in [2.45, 2.75) is 51.8 Å². The lowest BCUT2D eigenvalue weighted by molar-refractivity contribution is -0.171. The maximum Gasteiger partial charge on any atom is 0.241 e. The van der Waals surface area contributed by atoms with E-state index in [1.54, 1.807) is 12.1 Å². The van der Waals surface area contributed by atoms with Gasteiger partial charge in [-0.25, -0.2) is 0 Å². The topological polar surface area (TPSA) is 64.3 Å². The lowest BCUT2D eigenvalue weighted by atomic mass is 9.54. The van der Waals surface area contributed by atoms with E-state index >= 15 is 0 Å². The molecule has 1 saturated carbocycles. The predicted octanol–water partition coefficient (Wildman–Crippen LogP) is 3.70. The van der Waals surface area contributed by atoms with E-state index < -0.39 is 11.0 Å². The van der Waals surface area contributed by atoms with Crippen molar-refractivity contribution in [3.05, 3.63) is 33.8 Å². The Hall–Kier alpha value is -0.810. The molecular formula is C17H24Cl2N2O2. The lowest BCUT2D eigenvalue weighted by Gasteiger charge is -2.57. The van der Waals surface area contributed by atoms with Gasteiger partial charge < -0.3 is 15.8 Å². The highest BCUT2D eigenvalue weighted by Crippen LogP contribution is 2.50. The minimum Gasteiger partial charge on any atom is -0.378 e. The molecule has 23 heavy (non-hydrogen) atoms. The second-order valence-corrected chi connectivity index (χ2v) is 7.52. The molecular weight excluding hydrogens is 335 g/mol. The van der Waals surface area contributed by atoms with E-state index in [1.165, 1.54) is 0 Å². The molecule has 0 aromatic heterocycles. The summed E-state index contributed by atoms with van der Waals surface area (Å²) in [4.78, 5) is 12.7. The molecule has 3 N–H and O–H groups in total. The highest BCUT2D eigenvalue weighted by Gasteiger charge is 2.62. The summed E-state index contributed by atoms with van der Waals surface area (Å²) < 4.78 is 5.67. The zero-order valence-electron chi connectivity index (χ0n) is 14.0. The van der Waals surface area contributed by atoms with Crippen LogP contribution in [-0.4, -0.2) is 24.2 Å². The van der Waals surface area contributed by atoms with Crippen LogP contribution in [0.15, 0.2) is 18.2 Å². The van der Waals surface area contributed by atoms with Crippen LogP contribution >= 0.6 is 23.2 Å². The van der Waals surface area contributed by atoms with E-state index in [2.05, 4.69) is 5.32 Å². The van der Waals surface area contributed by atoms with Gasteiger partial charge in [-0.3, -0.25) is 4.79 Å². The van der Waals surface area contributed by atoms with Crippen molar-refractivity contribution in [3.8, 4) is 0 Å². The van der Waals surface area contributed by atoms with Gasteiger partial charge in [-0.05, 0) is 31.5 Å². The summed E-state index contributed by atoms with van der Waals surface area (Å²) in [5.74, 6) is -0.169. The molecule has 3 atom stereocenters. The van der Waals surface area contributed by atoms with Crippen LogP contribution in [0.3, 0.4) is 0 Å². The second kappa shape index (κ2) is 6.60. The Morgan fingerprint density at radius 2 is 2.09 bits per heavy atom. The van der Waals surface area contributed by atoms with Crippen molar-refractivity contribution < 1.29 is 9.53 Å². The van der Waals surface area contributed by atoms with Crippen molar-refractivity contribution in [3.63, 3.8) is 0 Å². The molecule has 4 nitrogen and oxygen atoms in total. The molecule has 3 unspecified atom stereocenters. The Morgan fingerprint density at radius 1 is 1.43 bits per heavy atom. The number of nitrogens with one attached hydrogen (secondary N) is 1. The summed E-state index contributed by atoms with van der Waals surface area (Å²) in [5, 5.41) is 3.94. The molecule has 128 valence electrons. The molecule has 1 aliphatic rings. The fourth-order valence-electron chi connectivity index (χ4n) is 3.01. The van der Waals surface area contributed by atoms with Crippen molar-refractivity contribution in [1.82, 2.24) is 5.32 Å². The average molecular weight is 359 g/mol. The zero-order valence-corrected chi connectivity index (χ0v) is 15.5. The molecule has 0 heterocycles. The second-order valence-electron chi connectivity index (χ2n) is 6.71. The summed E-state index contributed by atoms with van der Waals surface area (Å²) >= 11 is 12.0. The average Bonchev–Trinajstić information content (AvgIpc) is 2.49. The smallest absolute Gasteiger partial charge is 0.241 e. The molecule has 1 aromatic rings. The molecule has 1 amide bonds. The Balaban J connectivity index is 2.08. The fourth-order valence-corrected chi connectivity index (χ4v) is 3.32. The minimum absolute atomic E-state index is 0.00327. The molecule has 1 aliphatic carbocycles. The number of hydrogen-bond acceptors (Lipinski definition) is 3. The van der Waals surface area contributed by atoms with E-state index in [9.17, 15) is 4.79 Å². The predicted molar refractivity (Wildman–Crippen MR) is 93.8 cm³/mol. The summed E-state index contributed by atoms with van der Waals surface area (Å²) in [6.07, 6.45) is 0.525. The molecule has 1 aromatic carbocycles. The number of amides is 1. The molecule has 1 fully saturated rings. The van der Waals surface area contributed by atoms with Crippen LogP contribution in [0.4, 0.5) is 0 Å². The Kier molecular flexibility index (Phi) is 5.31. The third kappa shape index (κ3) is 3.22. The van der Waals surface area contributed by atoms with Gasteiger partial charge in [-0.1, -0.05) is 43.1 Å². The normalized spacial score (nSPS) is 27.2. The Bertz CT molecular complexity index is 606. The van der Waals surface area contributed by atoms with Crippen LogP contribution < -0.4 is 11.1 Å². The first kappa shape index (κ1) is 18.5. The molecule has 0 bridgehead atoms. The number of nitrogens with two attached hydrogens (primary N) is 1. The van der Waals surface area contributed by atoms with E-state index in [0.717, 1.165) is 5.56 Å². The standard InChI is InChI=1S/C17H24Cl2N2O2/c1-5-23-14-9-17(20,16(14,3)4)15(22)21-10(2)11-6-7-12(18)13(19)8-11/h6-8,10,14H,5,9,20H2,1-4H3,(H,21,22). The summed E-state index contributed by atoms with van der Waals surface area (Å²) in [6, 6.07) is 5.11. The van der Waals surface area contributed by atoms with E-state index in [1.807, 2.05) is 33.8 Å². The number of ether oxygens (including phenoxy) is 1. The molecule has 0 spiro atoms. The fraction of sp³-hybridized carbons (Fsp3) is 0.588. The third-order valence-corrected chi connectivity index (χ3v) is 5.77. The number of hydrogen-bond donors (Lipinski definition) is 2. The number of halogens is 2. The van der Waals surface area contributed by atoms with Gasteiger partial charge in [0.15, 0.2) is 0 Å². The first-order valence-electron chi connectivity index (χ1n) is 7.80. The van der Waals surface area contributed by atoms with Crippen LogP contribution in [0.5, 0.6) is 0 Å². The lowest BCUT2D eigenvalue weighted by Crippen LogP contribution is -2.75. The van der Waals surface area contributed by atoms with Gasteiger partial charge in [0.2, 0.25) is 5.91 Å². The maximum absolute atomic E-state index is 12.7. The van der Waals surface area contributed by atoms with E-state index in [0.29, 0.717) is 23.1 Å². The molecule has 0 aliphatic heterocycles. The maximum atomic E-state index is 12.7. The monoisotopic (exact) mass is 358 g/mol. The van der Waals surface area contributed by atoms with Crippen LogP contribution in [-0.2, 0) is 9.53 Å². The summed E-state index contributed by atoms with van der Waals surface area (Å²) in [7, 11) is 0. The largest absolute Gasteiger partial charge is 0.378 e. The zero-order chi connectivity index (χ0) is 17.4. The minimum atomic E-state index is -0.933. The van der Waals surface area contributed by atoms with Gasteiger partial charge in [0.1, 0.15) is 5.54 Å². The first-order valence-corrected chi connectivity index (χ1v) is 8.55. The van der Waals surface area contributed by atoms with Gasteiger partial charge in [-0.15, -0.1) is 0 Å². The van der Waals surface area contributed by atoms with Crippen LogP contribution in [0.1, 0.15) is 45.7 Å². The van der Waals surface area contributed by atoms with Gasteiger partial charge in [0.25, 0.3) is 0 Å². The highest BCUT2D eigenvalue weighted by molar-refractivity contribution is 6.42. The highest BCUT2D eigenvalue weighted by atomic mass is 35.5. The first-order chi connectivity index (χ1) is 10.6. The molecule has 6 heteroatoms. The van der Waals surface area contributed by atoms with Gasteiger partial charge >= 0.3 is 0 Å². The van der Waals surface area contributed by atoms with Gasteiger partial charge in [-0.2, -0.15) is 0 Å². The SMILES string of the molecule is CCOC1CC(N)(C(=O)NC(C)c2ccc(Cl)c(Cl)c2)C1(C)C. The Labute approximate surface area is 147 Å². The molecule has 2 rings (SSSR count). The van der Waals surface area contributed by atoms with Crippen LogP contribution in [0.2, 0.25) is 10.0 Å². The Morgan fingerprint density at radius 3 is 2.61 bits per heavy atom. The molecule has 0 saturated heterocycles. The number of carbonyl (C=O) groups is 1. The number of carbonyl (C=O) groups excluding carboxylic acids is 1. The van der Waals surface area contributed by atoms with Crippen molar-refractivity contribution >= 4 is 29.1 Å². The summed E-state index contributed by atoms with van der Waals surface area (Å²) in [6.45, 7) is 8.40. The van der Waals surface area contributed by atoms with Crippen molar-refractivity contribution in [2.24, 2.45) is 11.1 Å². The molecule has 0 radical (unpaired) electrons. The van der Waals surface area contributed by atoms with E-state index in [4.69, 9.17) is 33.7 Å². The third-order valence-electron chi connectivity index (χ3n) is 5.03.